The molecule has 0 bridgehead atoms. The Kier molecular flexibility index (Phi) is 6.58. The van der Waals surface area contributed by atoms with Gasteiger partial charge < -0.3 is 9.87 Å². The van der Waals surface area contributed by atoms with Crippen LogP contribution in [0, 0.1) is 11.6 Å². The first-order valence-electron chi connectivity index (χ1n) is 8.61. The SMILES string of the molecule is N[S+]([O-])c1cc(NC(=O)Cc2ccc(F)c(F)c2)ccc1-c1cncc(C(F)(F)F)c1. The molecule has 3 N–H and O–H groups in total. The highest BCUT2D eigenvalue weighted by Crippen LogP contribution is 2.34. The van der Waals surface area contributed by atoms with E-state index >= 15 is 0 Å². The van der Waals surface area contributed by atoms with Gasteiger partial charge in [0.1, 0.15) is 0 Å². The summed E-state index contributed by atoms with van der Waals surface area (Å²) < 4.78 is 77.1. The van der Waals surface area contributed by atoms with Gasteiger partial charge in [-0.3, -0.25) is 9.78 Å². The molecule has 0 radical (unpaired) electrons. The number of rotatable bonds is 5. The molecule has 1 atom stereocenters. The molecule has 1 unspecified atom stereocenters. The van der Waals surface area contributed by atoms with Crippen molar-refractivity contribution in [1.29, 1.82) is 0 Å². The molecule has 1 amide bonds. The molecule has 1 aromatic heterocycles. The minimum absolute atomic E-state index is 0.0215. The molecule has 3 aromatic rings. The first kappa shape index (κ1) is 22.7. The topological polar surface area (TPSA) is 91.1 Å². The van der Waals surface area contributed by atoms with E-state index in [1.807, 2.05) is 0 Å². The van der Waals surface area contributed by atoms with Gasteiger partial charge in [0.2, 0.25) is 5.91 Å². The van der Waals surface area contributed by atoms with E-state index in [9.17, 15) is 31.3 Å². The zero-order valence-electron chi connectivity index (χ0n) is 15.5. The number of nitrogens with zero attached hydrogens (tertiary/aromatic N) is 1. The highest BCUT2D eigenvalue weighted by molar-refractivity contribution is 7.89. The quantitative estimate of drug-likeness (QED) is 0.446. The Hall–Kier alpha value is -3.02. The fourth-order valence-corrected chi connectivity index (χ4v) is 3.43. The lowest BCUT2D eigenvalue weighted by Gasteiger charge is -2.13. The summed E-state index contributed by atoms with van der Waals surface area (Å²) in [7, 11) is 0. The van der Waals surface area contributed by atoms with Crippen molar-refractivity contribution in [2.24, 2.45) is 5.14 Å². The van der Waals surface area contributed by atoms with E-state index in [0.29, 0.717) is 6.20 Å². The molecule has 11 heteroatoms. The van der Waals surface area contributed by atoms with Gasteiger partial charge in [-0.25, -0.2) is 8.78 Å². The number of hydrogen-bond donors (Lipinski definition) is 2. The van der Waals surface area contributed by atoms with Gasteiger partial charge in [0, 0.05) is 35.3 Å². The summed E-state index contributed by atoms with van der Waals surface area (Å²) >= 11 is -2.09. The Bertz CT molecular complexity index is 1120. The van der Waals surface area contributed by atoms with Gasteiger partial charge in [0.05, 0.1) is 23.3 Å². The fraction of sp³-hybridized carbons (Fsp3) is 0.100. The smallest absolute Gasteiger partial charge is 0.417 e. The number of alkyl halides is 3. The van der Waals surface area contributed by atoms with E-state index in [1.54, 1.807) is 0 Å². The van der Waals surface area contributed by atoms with E-state index in [-0.39, 0.29) is 33.7 Å². The summed E-state index contributed by atoms with van der Waals surface area (Å²) in [5, 5.41) is 7.96. The van der Waals surface area contributed by atoms with E-state index in [0.717, 1.165) is 18.2 Å². The maximum atomic E-state index is 13.3. The summed E-state index contributed by atoms with van der Waals surface area (Å²) in [4.78, 5) is 15.8. The van der Waals surface area contributed by atoms with E-state index in [1.165, 1.54) is 30.5 Å². The molecular weight excluding hydrogens is 441 g/mol. The van der Waals surface area contributed by atoms with E-state index in [2.05, 4.69) is 10.3 Å². The molecule has 1 heterocycles. The number of aromatic nitrogens is 1. The van der Waals surface area contributed by atoms with Gasteiger partial charge in [-0.05, 0) is 35.9 Å². The minimum Gasteiger partial charge on any atom is -0.593 e. The lowest BCUT2D eigenvalue weighted by molar-refractivity contribution is -0.137. The van der Waals surface area contributed by atoms with Crippen molar-refractivity contribution in [1.82, 2.24) is 4.98 Å². The van der Waals surface area contributed by atoms with Crippen molar-refractivity contribution in [2.75, 3.05) is 5.32 Å². The molecule has 0 aliphatic carbocycles. The molecular formula is C20H14F5N3O2S. The summed E-state index contributed by atoms with van der Waals surface area (Å²) in [6, 6.07) is 7.88. The standard InChI is InChI=1S/C20H14F5N3O2S/c21-16-4-1-11(5-17(16)22)6-19(29)28-14-2-3-15(18(8-14)31(26)30)12-7-13(10-27-9-12)20(23,24)25/h1-5,7-10H,6,26H2,(H,28,29). The third kappa shape index (κ3) is 5.57. The predicted octanol–water partition coefficient (Wildman–Crippen LogP) is 4.21. The summed E-state index contributed by atoms with van der Waals surface area (Å²) in [5.41, 5.74) is -0.389. The predicted molar refractivity (Wildman–Crippen MR) is 104 cm³/mol. The molecule has 0 fully saturated rings. The van der Waals surface area contributed by atoms with Crippen molar-refractivity contribution in [3.05, 3.63) is 77.6 Å². The number of nitrogens with one attached hydrogen (secondary N) is 1. The van der Waals surface area contributed by atoms with E-state index < -0.39 is 40.6 Å². The number of pyridine rings is 1. The van der Waals surface area contributed by atoms with Gasteiger partial charge in [0.25, 0.3) is 0 Å². The van der Waals surface area contributed by atoms with Gasteiger partial charge in [0.15, 0.2) is 16.5 Å². The van der Waals surface area contributed by atoms with Crippen molar-refractivity contribution < 1.29 is 31.3 Å². The fourth-order valence-electron chi connectivity index (χ4n) is 2.79. The van der Waals surface area contributed by atoms with Crippen molar-refractivity contribution in [2.45, 2.75) is 17.5 Å². The number of hydrogen-bond acceptors (Lipinski definition) is 4. The third-order valence-electron chi connectivity index (χ3n) is 4.21. The largest absolute Gasteiger partial charge is 0.593 e. The van der Waals surface area contributed by atoms with Gasteiger partial charge in [-0.1, -0.05) is 6.07 Å². The summed E-state index contributed by atoms with van der Waals surface area (Å²) in [6.07, 6.45) is -3.05. The van der Waals surface area contributed by atoms with Crippen LogP contribution >= 0.6 is 0 Å². The van der Waals surface area contributed by atoms with Crippen LogP contribution in [0.3, 0.4) is 0 Å². The average Bonchev–Trinajstić information content (AvgIpc) is 2.70. The second kappa shape index (κ2) is 9.00. The molecule has 2 aromatic carbocycles. The summed E-state index contributed by atoms with van der Waals surface area (Å²) in [5.74, 6) is -2.71. The first-order valence-corrected chi connectivity index (χ1v) is 9.82. The molecule has 3 rings (SSSR count). The van der Waals surface area contributed by atoms with Crippen LogP contribution in [0.2, 0.25) is 0 Å². The van der Waals surface area contributed by atoms with E-state index in [4.69, 9.17) is 5.14 Å². The van der Waals surface area contributed by atoms with Gasteiger partial charge in [-0.15, -0.1) is 5.14 Å². The number of nitrogens with two attached hydrogens (primary N) is 1. The highest BCUT2D eigenvalue weighted by atomic mass is 32.2. The minimum atomic E-state index is -4.61. The normalized spacial score (nSPS) is 12.5. The number of carbonyl (C=O) groups is 1. The number of carbonyl (C=O) groups excluding carboxylic acids is 1. The molecule has 0 aliphatic heterocycles. The Morgan fingerprint density at radius 2 is 1.81 bits per heavy atom. The second-order valence-electron chi connectivity index (χ2n) is 6.44. The van der Waals surface area contributed by atoms with Crippen molar-refractivity contribution >= 4 is 23.0 Å². The monoisotopic (exact) mass is 455 g/mol. The molecule has 162 valence electrons. The van der Waals surface area contributed by atoms with Crippen LogP contribution in [0.25, 0.3) is 11.1 Å². The van der Waals surface area contributed by atoms with Crippen LogP contribution < -0.4 is 10.5 Å². The van der Waals surface area contributed by atoms with Crippen LogP contribution in [0.5, 0.6) is 0 Å². The van der Waals surface area contributed by atoms with Crippen LogP contribution in [-0.4, -0.2) is 15.4 Å². The Labute approximate surface area is 176 Å². The van der Waals surface area contributed by atoms with Crippen LogP contribution in [0.4, 0.5) is 27.6 Å². The molecule has 5 nitrogen and oxygen atoms in total. The molecule has 0 spiro atoms. The maximum absolute atomic E-state index is 13.3. The number of amides is 1. The third-order valence-corrected chi connectivity index (χ3v) is 4.98. The molecule has 0 saturated carbocycles. The van der Waals surface area contributed by atoms with Crippen LogP contribution in [0.15, 0.2) is 59.8 Å². The Balaban J connectivity index is 1.85. The highest BCUT2D eigenvalue weighted by Gasteiger charge is 2.31. The second-order valence-corrected chi connectivity index (χ2v) is 7.48. The molecule has 0 saturated heterocycles. The lowest BCUT2D eigenvalue weighted by atomic mass is 10.0. The Morgan fingerprint density at radius 1 is 1.06 bits per heavy atom. The number of halogens is 5. The zero-order valence-corrected chi connectivity index (χ0v) is 16.4. The van der Waals surface area contributed by atoms with Crippen LogP contribution in [-0.2, 0) is 28.8 Å². The zero-order chi connectivity index (χ0) is 22.8. The molecule has 0 aliphatic rings. The number of anilines is 1. The lowest BCUT2D eigenvalue weighted by Crippen LogP contribution is -2.17. The maximum Gasteiger partial charge on any atom is 0.417 e. The van der Waals surface area contributed by atoms with Gasteiger partial charge >= 0.3 is 6.18 Å². The molecule has 31 heavy (non-hydrogen) atoms. The van der Waals surface area contributed by atoms with Crippen LogP contribution in [0.1, 0.15) is 11.1 Å². The summed E-state index contributed by atoms with van der Waals surface area (Å²) in [6.45, 7) is 0. The first-order chi connectivity index (χ1) is 14.5. The van der Waals surface area contributed by atoms with Crippen molar-refractivity contribution in [3.8, 4) is 11.1 Å². The van der Waals surface area contributed by atoms with Crippen molar-refractivity contribution in [3.63, 3.8) is 0 Å². The number of benzene rings is 2. The average molecular weight is 455 g/mol. The van der Waals surface area contributed by atoms with Gasteiger partial charge in [-0.2, -0.15) is 13.2 Å². The Morgan fingerprint density at radius 3 is 2.45 bits per heavy atom.